The highest BCUT2D eigenvalue weighted by atomic mass is 16.5. The van der Waals surface area contributed by atoms with Gasteiger partial charge in [-0.15, -0.1) is 0 Å². The van der Waals surface area contributed by atoms with E-state index < -0.39 is 0 Å². The highest BCUT2D eigenvalue weighted by Crippen LogP contribution is 2.12. The standard InChI is InChI=1S/C10H22N2O2/c1-10(2,9(13)11-3)8-12-6-5-7-14-4/h12H,5-8H2,1-4H3,(H,11,13). The first kappa shape index (κ1) is 13.4. The Morgan fingerprint density at radius 1 is 1.43 bits per heavy atom. The molecule has 0 spiro atoms. The summed E-state index contributed by atoms with van der Waals surface area (Å²) in [5.41, 5.74) is -0.345. The van der Waals surface area contributed by atoms with Crippen molar-refractivity contribution in [2.75, 3.05) is 33.9 Å². The number of hydrogen-bond acceptors (Lipinski definition) is 3. The zero-order valence-electron chi connectivity index (χ0n) is 9.64. The Balaban J connectivity index is 3.60. The van der Waals surface area contributed by atoms with Gasteiger partial charge in [0.25, 0.3) is 0 Å². The van der Waals surface area contributed by atoms with Gasteiger partial charge < -0.3 is 15.4 Å². The zero-order chi connectivity index (χ0) is 11.0. The number of carbonyl (C=O) groups is 1. The maximum atomic E-state index is 11.4. The fourth-order valence-electron chi connectivity index (χ4n) is 1.16. The minimum Gasteiger partial charge on any atom is -0.385 e. The number of carbonyl (C=O) groups excluding carboxylic acids is 1. The van der Waals surface area contributed by atoms with Gasteiger partial charge in [-0.25, -0.2) is 0 Å². The molecule has 1 amide bonds. The largest absolute Gasteiger partial charge is 0.385 e. The van der Waals surface area contributed by atoms with Crippen LogP contribution in [-0.2, 0) is 9.53 Å². The molecule has 2 N–H and O–H groups in total. The summed E-state index contributed by atoms with van der Waals surface area (Å²) in [4.78, 5) is 11.4. The molecular formula is C10H22N2O2. The Labute approximate surface area is 86.4 Å². The van der Waals surface area contributed by atoms with Crippen LogP contribution >= 0.6 is 0 Å². The van der Waals surface area contributed by atoms with Crippen molar-refractivity contribution in [1.29, 1.82) is 0 Å². The van der Waals surface area contributed by atoms with E-state index in [1.807, 2.05) is 13.8 Å². The van der Waals surface area contributed by atoms with Crippen LogP contribution in [0.4, 0.5) is 0 Å². The van der Waals surface area contributed by atoms with E-state index in [1.165, 1.54) is 0 Å². The minimum absolute atomic E-state index is 0.0664. The Morgan fingerprint density at radius 3 is 2.57 bits per heavy atom. The summed E-state index contributed by atoms with van der Waals surface area (Å²) in [7, 11) is 3.35. The van der Waals surface area contributed by atoms with Crippen molar-refractivity contribution < 1.29 is 9.53 Å². The molecule has 0 atom stereocenters. The van der Waals surface area contributed by atoms with Gasteiger partial charge in [-0.3, -0.25) is 4.79 Å². The molecule has 0 aliphatic carbocycles. The van der Waals surface area contributed by atoms with Crippen LogP contribution in [0.3, 0.4) is 0 Å². The topological polar surface area (TPSA) is 50.4 Å². The van der Waals surface area contributed by atoms with Gasteiger partial charge in [0.1, 0.15) is 0 Å². The zero-order valence-corrected chi connectivity index (χ0v) is 9.64. The normalized spacial score (nSPS) is 11.4. The maximum Gasteiger partial charge on any atom is 0.226 e. The first-order chi connectivity index (χ1) is 6.54. The van der Waals surface area contributed by atoms with Crippen LogP contribution in [0.1, 0.15) is 20.3 Å². The van der Waals surface area contributed by atoms with Crippen molar-refractivity contribution in [2.24, 2.45) is 5.41 Å². The molecule has 0 aromatic carbocycles. The third kappa shape index (κ3) is 5.19. The van der Waals surface area contributed by atoms with Gasteiger partial charge in [-0.1, -0.05) is 0 Å². The molecule has 0 saturated carbocycles. The molecule has 0 saturated heterocycles. The maximum absolute atomic E-state index is 11.4. The van der Waals surface area contributed by atoms with Crippen molar-refractivity contribution in [1.82, 2.24) is 10.6 Å². The summed E-state index contributed by atoms with van der Waals surface area (Å²) >= 11 is 0. The molecule has 0 radical (unpaired) electrons. The monoisotopic (exact) mass is 202 g/mol. The highest BCUT2D eigenvalue weighted by Gasteiger charge is 2.25. The molecule has 0 aromatic heterocycles. The van der Waals surface area contributed by atoms with E-state index in [0.717, 1.165) is 19.6 Å². The van der Waals surface area contributed by atoms with Crippen molar-refractivity contribution in [3.8, 4) is 0 Å². The predicted molar refractivity (Wildman–Crippen MR) is 57.2 cm³/mol. The van der Waals surface area contributed by atoms with E-state index in [4.69, 9.17) is 4.74 Å². The van der Waals surface area contributed by atoms with E-state index in [2.05, 4.69) is 10.6 Å². The average Bonchev–Trinajstić information content (AvgIpc) is 2.16. The third-order valence-electron chi connectivity index (χ3n) is 2.11. The fourth-order valence-corrected chi connectivity index (χ4v) is 1.16. The molecule has 0 aliphatic heterocycles. The molecule has 0 rings (SSSR count). The van der Waals surface area contributed by atoms with Gasteiger partial charge >= 0.3 is 0 Å². The number of nitrogens with one attached hydrogen (secondary N) is 2. The van der Waals surface area contributed by atoms with Gasteiger partial charge in [0.2, 0.25) is 5.91 Å². The molecular weight excluding hydrogens is 180 g/mol. The minimum atomic E-state index is -0.345. The van der Waals surface area contributed by atoms with E-state index in [0.29, 0.717) is 6.54 Å². The quantitative estimate of drug-likeness (QED) is 0.587. The summed E-state index contributed by atoms with van der Waals surface area (Å²) < 4.78 is 4.92. The Kier molecular flexibility index (Phi) is 6.49. The number of hydrogen-bond donors (Lipinski definition) is 2. The first-order valence-corrected chi connectivity index (χ1v) is 4.96. The molecule has 0 aliphatic rings. The summed E-state index contributed by atoms with van der Waals surface area (Å²) in [6.07, 6.45) is 0.973. The van der Waals surface area contributed by atoms with Crippen LogP contribution in [0.2, 0.25) is 0 Å². The number of ether oxygens (including phenoxy) is 1. The molecule has 0 unspecified atom stereocenters. The van der Waals surface area contributed by atoms with E-state index in [1.54, 1.807) is 14.2 Å². The van der Waals surface area contributed by atoms with Gasteiger partial charge in [0.15, 0.2) is 0 Å². The summed E-state index contributed by atoms with van der Waals surface area (Å²) in [6.45, 7) is 6.18. The van der Waals surface area contributed by atoms with Crippen molar-refractivity contribution in [2.45, 2.75) is 20.3 Å². The van der Waals surface area contributed by atoms with Gasteiger partial charge in [-0.2, -0.15) is 0 Å². The highest BCUT2D eigenvalue weighted by molar-refractivity contribution is 5.81. The Bertz CT molecular complexity index is 170. The van der Waals surface area contributed by atoms with Crippen molar-refractivity contribution in [3.05, 3.63) is 0 Å². The van der Waals surface area contributed by atoms with Crippen LogP contribution in [0.15, 0.2) is 0 Å². The lowest BCUT2D eigenvalue weighted by molar-refractivity contribution is -0.128. The summed E-state index contributed by atoms with van der Waals surface area (Å²) in [6, 6.07) is 0. The molecule has 0 bridgehead atoms. The Hall–Kier alpha value is -0.610. The van der Waals surface area contributed by atoms with Gasteiger partial charge in [-0.05, 0) is 26.8 Å². The van der Waals surface area contributed by atoms with Crippen LogP contribution < -0.4 is 10.6 Å². The second kappa shape index (κ2) is 6.79. The third-order valence-corrected chi connectivity index (χ3v) is 2.11. The van der Waals surface area contributed by atoms with Gasteiger partial charge in [0.05, 0.1) is 5.41 Å². The van der Waals surface area contributed by atoms with Crippen LogP contribution in [0, 0.1) is 5.41 Å². The van der Waals surface area contributed by atoms with Crippen LogP contribution in [0.5, 0.6) is 0 Å². The summed E-state index contributed by atoms with van der Waals surface area (Å²) in [5, 5.41) is 5.89. The smallest absolute Gasteiger partial charge is 0.226 e. The van der Waals surface area contributed by atoms with E-state index >= 15 is 0 Å². The van der Waals surface area contributed by atoms with Crippen LogP contribution in [-0.4, -0.2) is 39.8 Å². The van der Waals surface area contributed by atoms with E-state index in [9.17, 15) is 4.79 Å². The lowest BCUT2D eigenvalue weighted by Crippen LogP contribution is -2.42. The van der Waals surface area contributed by atoms with Crippen molar-refractivity contribution >= 4 is 5.91 Å². The van der Waals surface area contributed by atoms with Gasteiger partial charge in [0, 0.05) is 27.3 Å². The predicted octanol–water partition coefficient (Wildman–Crippen LogP) is 0.385. The number of methoxy groups -OCH3 is 1. The lowest BCUT2D eigenvalue weighted by Gasteiger charge is -2.22. The van der Waals surface area contributed by atoms with Crippen LogP contribution in [0.25, 0.3) is 0 Å². The molecule has 4 nitrogen and oxygen atoms in total. The molecule has 0 aromatic rings. The number of rotatable bonds is 7. The van der Waals surface area contributed by atoms with Crippen molar-refractivity contribution in [3.63, 3.8) is 0 Å². The molecule has 0 fully saturated rings. The Morgan fingerprint density at radius 2 is 2.07 bits per heavy atom. The molecule has 14 heavy (non-hydrogen) atoms. The lowest BCUT2D eigenvalue weighted by atomic mass is 9.92. The SMILES string of the molecule is CNC(=O)C(C)(C)CNCCCOC. The molecule has 84 valence electrons. The molecule has 4 heteroatoms. The second-order valence-corrected chi connectivity index (χ2v) is 3.99. The first-order valence-electron chi connectivity index (χ1n) is 4.96. The van der Waals surface area contributed by atoms with E-state index in [-0.39, 0.29) is 11.3 Å². The molecule has 0 heterocycles. The fraction of sp³-hybridized carbons (Fsp3) is 0.900. The number of amides is 1. The summed E-state index contributed by atoms with van der Waals surface area (Å²) in [5.74, 6) is 0.0664. The second-order valence-electron chi connectivity index (χ2n) is 3.99. The average molecular weight is 202 g/mol.